The fraction of sp³-hybridized carbons (Fsp3) is 0.474. The number of likely N-dealkylation sites (tertiary alicyclic amines) is 1. The number of fused-ring (bicyclic) bond motifs is 1. The van der Waals surface area contributed by atoms with Gasteiger partial charge in [-0.15, -0.1) is 0 Å². The lowest BCUT2D eigenvalue weighted by Crippen LogP contribution is -2.36. The molecule has 21 heavy (non-hydrogen) atoms. The molecule has 1 heterocycles. The highest BCUT2D eigenvalue weighted by Crippen LogP contribution is 2.28. The SMILES string of the molecule is CCC1CCCN1CC(NC)c1cccc2ccccc12. The summed E-state index contributed by atoms with van der Waals surface area (Å²) in [6.07, 6.45) is 3.99. The van der Waals surface area contributed by atoms with Crippen molar-refractivity contribution in [1.29, 1.82) is 0 Å². The summed E-state index contributed by atoms with van der Waals surface area (Å²) in [5.74, 6) is 0. The summed E-state index contributed by atoms with van der Waals surface area (Å²) in [4.78, 5) is 2.67. The van der Waals surface area contributed by atoms with Crippen LogP contribution in [0.4, 0.5) is 0 Å². The molecule has 112 valence electrons. The van der Waals surface area contributed by atoms with E-state index in [0.29, 0.717) is 6.04 Å². The Morgan fingerprint density at radius 2 is 2.00 bits per heavy atom. The molecule has 2 heteroatoms. The lowest BCUT2D eigenvalue weighted by atomic mass is 9.98. The van der Waals surface area contributed by atoms with Crippen LogP contribution in [0.25, 0.3) is 10.8 Å². The molecule has 1 aliphatic heterocycles. The van der Waals surface area contributed by atoms with Crippen molar-refractivity contribution in [2.45, 2.75) is 38.3 Å². The van der Waals surface area contributed by atoms with Crippen LogP contribution in [-0.4, -0.2) is 31.1 Å². The molecule has 1 N–H and O–H groups in total. The molecule has 1 aliphatic rings. The van der Waals surface area contributed by atoms with Gasteiger partial charge in [0.1, 0.15) is 0 Å². The highest BCUT2D eigenvalue weighted by Gasteiger charge is 2.25. The molecule has 0 radical (unpaired) electrons. The molecule has 2 atom stereocenters. The van der Waals surface area contributed by atoms with E-state index in [1.165, 1.54) is 42.1 Å². The summed E-state index contributed by atoms with van der Waals surface area (Å²) in [6.45, 7) is 4.68. The van der Waals surface area contributed by atoms with E-state index in [9.17, 15) is 0 Å². The second-order valence-corrected chi connectivity index (χ2v) is 6.11. The van der Waals surface area contributed by atoms with Crippen LogP contribution in [0.3, 0.4) is 0 Å². The van der Waals surface area contributed by atoms with Crippen molar-refractivity contribution in [3.05, 3.63) is 48.0 Å². The van der Waals surface area contributed by atoms with Crippen LogP contribution in [0.2, 0.25) is 0 Å². The van der Waals surface area contributed by atoms with Gasteiger partial charge in [-0.05, 0) is 49.2 Å². The van der Waals surface area contributed by atoms with Crippen LogP contribution >= 0.6 is 0 Å². The first kappa shape index (κ1) is 14.6. The molecule has 3 rings (SSSR count). The minimum Gasteiger partial charge on any atom is -0.312 e. The Hall–Kier alpha value is -1.38. The summed E-state index contributed by atoms with van der Waals surface area (Å²) in [5.41, 5.74) is 1.43. The first-order valence-corrected chi connectivity index (χ1v) is 8.22. The van der Waals surface area contributed by atoms with E-state index in [-0.39, 0.29) is 0 Å². The minimum atomic E-state index is 0.406. The molecule has 0 saturated carbocycles. The van der Waals surface area contributed by atoms with Gasteiger partial charge < -0.3 is 5.32 Å². The molecule has 0 spiro atoms. The van der Waals surface area contributed by atoms with E-state index in [4.69, 9.17) is 0 Å². The van der Waals surface area contributed by atoms with Gasteiger partial charge in [0.15, 0.2) is 0 Å². The van der Waals surface area contributed by atoms with Crippen LogP contribution in [0.5, 0.6) is 0 Å². The number of hydrogen-bond donors (Lipinski definition) is 1. The standard InChI is InChI=1S/C19H26N2/c1-3-16-10-7-13-21(16)14-19(20-2)18-12-6-9-15-8-4-5-11-17(15)18/h4-6,8-9,11-12,16,19-20H,3,7,10,13-14H2,1-2H3. The lowest BCUT2D eigenvalue weighted by Gasteiger charge is -2.29. The smallest absolute Gasteiger partial charge is 0.0453 e. The normalized spacial score (nSPS) is 21.0. The van der Waals surface area contributed by atoms with Gasteiger partial charge >= 0.3 is 0 Å². The average molecular weight is 282 g/mol. The fourth-order valence-electron chi connectivity index (χ4n) is 3.73. The number of likely N-dealkylation sites (N-methyl/N-ethyl adjacent to an activating group) is 1. The third-order valence-corrected chi connectivity index (χ3v) is 4.93. The summed E-state index contributed by atoms with van der Waals surface area (Å²) < 4.78 is 0. The quantitative estimate of drug-likeness (QED) is 0.892. The summed E-state index contributed by atoms with van der Waals surface area (Å²) in [7, 11) is 2.09. The van der Waals surface area contributed by atoms with E-state index >= 15 is 0 Å². The maximum atomic E-state index is 3.54. The third kappa shape index (κ3) is 2.97. The zero-order valence-electron chi connectivity index (χ0n) is 13.2. The number of hydrogen-bond acceptors (Lipinski definition) is 2. The first-order chi connectivity index (χ1) is 10.3. The summed E-state index contributed by atoms with van der Waals surface area (Å²) in [6, 6.07) is 16.6. The van der Waals surface area contributed by atoms with Crippen molar-refractivity contribution in [3.8, 4) is 0 Å². The van der Waals surface area contributed by atoms with Crippen LogP contribution in [0.1, 0.15) is 37.8 Å². The second-order valence-electron chi connectivity index (χ2n) is 6.11. The predicted molar refractivity (Wildman–Crippen MR) is 90.6 cm³/mol. The molecular formula is C19H26N2. The Labute approximate surface area is 128 Å². The second kappa shape index (κ2) is 6.59. The van der Waals surface area contributed by atoms with Crippen molar-refractivity contribution < 1.29 is 0 Å². The van der Waals surface area contributed by atoms with Gasteiger partial charge in [0, 0.05) is 18.6 Å². The minimum absolute atomic E-state index is 0.406. The highest BCUT2D eigenvalue weighted by molar-refractivity contribution is 5.86. The zero-order valence-corrected chi connectivity index (χ0v) is 13.2. The molecular weight excluding hydrogens is 256 g/mol. The van der Waals surface area contributed by atoms with Gasteiger partial charge in [0.05, 0.1) is 0 Å². The molecule has 2 unspecified atom stereocenters. The molecule has 1 saturated heterocycles. The van der Waals surface area contributed by atoms with E-state index < -0.39 is 0 Å². The van der Waals surface area contributed by atoms with Gasteiger partial charge in [0.25, 0.3) is 0 Å². The molecule has 2 aromatic carbocycles. The lowest BCUT2D eigenvalue weighted by molar-refractivity contribution is 0.224. The number of nitrogens with zero attached hydrogens (tertiary/aromatic N) is 1. The Morgan fingerprint density at radius 3 is 2.81 bits per heavy atom. The largest absolute Gasteiger partial charge is 0.312 e. The van der Waals surface area contributed by atoms with E-state index in [2.05, 4.69) is 66.7 Å². The van der Waals surface area contributed by atoms with E-state index in [1.54, 1.807) is 0 Å². The molecule has 0 bridgehead atoms. The average Bonchev–Trinajstić information content (AvgIpc) is 2.99. The van der Waals surface area contributed by atoms with Gasteiger partial charge in [0.2, 0.25) is 0 Å². The van der Waals surface area contributed by atoms with Gasteiger partial charge in [-0.1, -0.05) is 49.4 Å². The number of benzene rings is 2. The summed E-state index contributed by atoms with van der Waals surface area (Å²) >= 11 is 0. The van der Waals surface area contributed by atoms with Crippen LogP contribution < -0.4 is 5.32 Å². The molecule has 0 aliphatic carbocycles. The van der Waals surface area contributed by atoms with Crippen molar-refractivity contribution >= 4 is 10.8 Å². The first-order valence-electron chi connectivity index (χ1n) is 8.22. The Kier molecular flexibility index (Phi) is 4.57. The maximum absolute atomic E-state index is 3.54. The Balaban J connectivity index is 1.88. The Morgan fingerprint density at radius 1 is 1.19 bits per heavy atom. The molecule has 0 aromatic heterocycles. The molecule has 0 amide bonds. The van der Waals surface area contributed by atoms with Crippen molar-refractivity contribution in [3.63, 3.8) is 0 Å². The van der Waals surface area contributed by atoms with Crippen molar-refractivity contribution in [2.75, 3.05) is 20.1 Å². The fourth-order valence-corrected chi connectivity index (χ4v) is 3.73. The van der Waals surface area contributed by atoms with E-state index in [1.807, 2.05) is 0 Å². The topological polar surface area (TPSA) is 15.3 Å². The van der Waals surface area contributed by atoms with Crippen LogP contribution in [0.15, 0.2) is 42.5 Å². The maximum Gasteiger partial charge on any atom is 0.0453 e. The van der Waals surface area contributed by atoms with Gasteiger partial charge in [-0.2, -0.15) is 0 Å². The van der Waals surface area contributed by atoms with Crippen LogP contribution in [-0.2, 0) is 0 Å². The molecule has 1 fully saturated rings. The monoisotopic (exact) mass is 282 g/mol. The number of rotatable bonds is 5. The van der Waals surface area contributed by atoms with E-state index in [0.717, 1.165) is 12.6 Å². The highest BCUT2D eigenvalue weighted by atomic mass is 15.2. The third-order valence-electron chi connectivity index (χ3n) is 4.93. The van der Waals surface area contributed by atoms with Gasteiger partial charge in [-0.3, -0.25) is 4.90 Å². The zero-order chi connectivity index (χ0) is 14.7. The number of nitrogens with one attached hydrogen (secondary N) is 1. The predicted octanol–water partition coefficient (Wildman–Crippen LogP) is 3.97. The summed E-state index contributed by atoms with van der Waals surface area (Å²) in [5, 5.41) is 6.26. The Bertz CT molecular complexity index is 588. The molecule has 2 nitrogen and oxygen atoms in total. The van der Waals surface area contributed by atoms with Gasteiger partial charge in [-0.25, -0.2) is 0 Å². The molecule has 2 aromatic rings. The van der Waals surface area contributed by atoms with Crippen molar-refractivity contribution in [2.24, 2.45) is 0 Å². The van der Waals surface area contributed by atoms with Crippen LogP contribution in [0, 0.1) is 0 Å². The van der Waals surface area contributed by atoms with Crippen molar-refractivity contribution in [1.82, 2.24) is 10.2 Å².